The van der Waals surface area contributed by atoms with Crippen LogP contribution in [0.3, 0.4) is 0 Å². The second-order valence-electron chi connectivity index (χ2n) is 5.23. The zero-order valence-corrected chi connectivity index (χ0v) is 15.9. The number of hydrogen-bond acceptors (Lipinski definition) is 8. The van der Waals surface area contributed by atoms with Gasteiger partial charge in [-0.3, -0.25) is 25.0 Å². The number of phenols is 1. The predicted molar refractivity (Wildman–Crippen MR) is 102 cm³/mol. The van der Waals surface area contributed by atoms with Crippen molar-refractivity contribution in [3.05, 3.63) is 66.2 Å². The highest BCUT2D eigenvalue weighted by Crippen LogP contribution is 2.35. The quantitative estimate of drug-likeness (QED) is 0.370. The molecule has 0 aromatic heterocycles. The van der Waals surface area contributed by atoms with E-state index in [2.05, 4.69) is 26.5 Å². The maximum absolute atomic E-state index is 12.1. The van der Waals surface area contributed by atoms with Crippen LogP contribution in [0.2, 0.25) is 0 Å². The molecule has 0 fully saturated rings. The van der Waals surface area contributed by atoms with Gasteiger partial charge in [-0.05, 0) is 40.5 Å². The van der Waals surface area contributed by atoms with Crippen molar-refractivity contribution in [2.75, 3.05) is 6.61 Å². The molecule has 0 aliphatic carbocycles. The SMILES string of the molecule is CCOc1cc(/C=N/NC(=O)c2cc([N+](=O)[O-])cc([N+](=O)[O-])c2)cc(Br)c1O. The largest absolute Gasteiger partial charge is 0.503 e. The predicted octanol–water partition coefficient (Wildman–Crippen LogP) is 3.13. The number of phenolic OH excluding ortho intramolecular Hbond substituents is 1. The van der Waals surface area contributed by atoms with Gasteiger partial charge in [0.15, 0.2) is 11.5 Å². The monoisotopic (exact) mass is 452 g/mol. The third kappa shape index (κ3) is 5.01. The maximum atomic E-state index is 12.1. The highest BCUT2D eigenvalue weighted by molar-refractivity contribution is 9.10. The van der Waals surface area contributed by atoms with Gasteiger partial charge in [0.1, 0.15) is 0 Å². The number of nitro benzene ring substituents is 2. The van der Waals surface area contributed by atoms with E-state index in [4.69, 9.17) is 4.74 Å². The molecule has 2 rings (SSSR count). The molecule has 2 aromatic carbocycles. The summed E-state index contributed by atoms with van der Waals surface area (Å²) in [5.74, 6) is -0.753. The van der Waals surface area contributed by atoms with E-state index >= 15 is 0 Å². The number of nitrogens with one attached hydrogen (secondary N) is 1. The number of non-ortho nitro benzene ring substituents is 2. The average Bonchev–Trinajstić information content (AvgIpc) is 2.65. The Bertz CT molecular complexity index is 945. The van der Waals surface area contributed by atoms with E-state index in [1.165, 1.54) is 18.3 Å². The normalized spacial score (nSPS) is 10.6. The zero-order chi connectivity index (χ0) is 20.8. The fraction of sp³-hybridized carbons (Fsp3) is 0.125. The Hall–Kier alpha value is -3.54. The van der Waals surface area contributed by atoms with Gasteiger partial charge in [0.25, 0.3) is 17.3 Å². The number of hydrogen-bond donors (Lipinski definition) is 2. The maximum Gasteiger partial charge on any atom is 0.277 e. The van der Waals surface area contributed by atoms with Crippen LogP contribution in [0.25, 0.3) is 0 Å². The van der Waals surface area contributed by atoms with Gasteiger partial charge in [0.05, 0.1) is 38.8 Å². The van der Waals surface area contributed by atoms with Crippen LogP contribution in [0.1, 0.15) is 22.8 Å². The molecule has 1 amide bonds. The Morgan fingerprint density at radius 2 is 1.82 bits per heavy atom. The van der Waals surface area contributed by atoms with Crippen molar-refractivity contribution in [2.24, 2.45) is 5.10 Å². The molecule has 0 heterocycles. The molecule has 11 nitrogen and oxygen atoms in total. The van der Waals surface area contributed by atoms with Crippen molar-refractivity contribution in [3.8, 4) is 11.5 Å². The van der Waals surface area contributed by atoms with Gasteiger partial charge in [-0.25, -0.2) is 5.43 Å². The number of nitrogens with zero attached hydrogens (tertiary/aromatic N) is 3. The van der Waals surface area contributed by atoms with Crippen molar-refractivity contribution in [2.45, 2.75) is 6.92 Å². The average molecular weight is 453 g/mol. The molecule has 12 heteroatoms. The van der Waals surface area contributed by atoms with Crippen molar-refractivity contribution >= 4 is 39.4 Å². The van der Waals surface area contributed by atoms with Gasteiger partial charge < -0.3 is 9.84 Å². The van der Waals surface area contributed by atoms with Crippen LogP contribution in [0.5, 0.6) is 11.5 Å². The fourth-order valence-electron chi connectivity index (χ4n) is 2.10. The summed E-state index contributed by atoms with van der Waals surface area (Å²) in [4.78, 5) is 32.2. The molecule has 0 aliphatic rings. The molecule has 2 aromatic rings. The first-order valence-electron chi connectivity index (χ1n) is 7.65. The van der Waals surface area contributed by atoms with Gasteiger partial charge >= 0.3 is 0 Å². The molecule has 2 N–H and O–H groups in total. The molecule has 0 aliphatic heterocycles. The van der Waals surface area contributed by atoms with Gasteiger partial charge in [0, 0.05) is 12.1 Å². The van der Waals surface area contributed by atoms with Crippen molar-refractivity contribution < 1.29 is 24.5 Å². The molecule has 0 spiro atoms. The summed E-state index contributed by atoms with van der Waals surface area (Å²) < 4.78 is 5.62. The number of carbonyl (C=O) groups is 1. The van der Waals surface area contributed by atoms with Gasteiger partial charge in [-0.1, -0.05) is 0 Å². The standard InChI is InChI=1S/C16H13BrN4O7/c1-2-28-14-4-9(3-13(17)15(14)22)8-18-19-16(23)10-5-11(20(24)25)7-12(6-10)21(26)27/h3-8,22H,2H2,1H3,(H,19,23)/b18-8+. The lowest BCUT2D eigenvalue weighted by molar-refractivity contribution is -0.394. The Kier molecular flexibility index (Phi) is 6.60. The Morgan fingerprint density at radius 1 is 1.21 bits per heavy atom. The minimum atomic E-state index is -0.870. The number of nitro groups is 2. The lowest BCUT2D eigenvalue weighted by Crippen LogP contribution is -2.18. The third-order valence-electron chi connectivity index (χ3n) is 3.32. The summed E-state index contributed by atoms with van der Waals surface area (Å²) >= 11 is 3.16. The van der Waals surface area contributed by atoms with E-state index < -0.39 is 27.1 Å². The molecule has 146 valence electrons. The van der Waals surface area contributed by atoms with Crippen LogP contribution in [-0.4, -0.2) is 33.7 Å². The Labute approximate surface area is 166 Å². The summed E-state index contributed by atoms with van der Waals surface area (Å²) in [7, 11) is 0. The lowest BCUT2D eigenvalue weighted by atomic mass is 10.1. The molecular formula is C16H13BrN4O7. The van der Waals surface area contributed by atoms with E-state index in [1.54, 1.807) is 6.92 Å². The van der Waals surface area contributed by atoms with E-state index in [9.17, 15) is 30.1 Å². The molecule has 0 radical (unpaired) electrons. The van der Waals surface area contributed by atoms with Crippen LogP contribution >= 0.6 is 15.9 Å². The van der Waals surface area contributed by atoms with Crippen molar-refractivity contribution in [1.29, 1.82) is 0 Å². The number of amides is 1. The second-order valence-corrected chi connectivity index (χ2v) is 6.09. The van der Waals surface area contributed by atoms with E-state index in [0.29, 0.717) is 16.6 Å². The summed E-state index contributed by atoms with van der Waals surface area (Å²) in [6.45, 7) is 2.06. The summed E-state index contributed by atoms with van der Waals surface area (Å²) in [5.41, 5.74) is 1.13. The molecule has 0 atom stereocenters. The topological polar surface area (TPSA) is 157 Å². The van der Waals surface area contributed by atoms with Crippen LogP contribution < -0.4 is 10.2 Å². The number of hydrazone groups is 1. The first-order chi connectivity index (χ1) is 13.2. The first-order valence-corrected chi connectivity index (χ1v) is 8.44. The number of benzene rings is 2. The first kappa shape index (κ1) is 20.8. The minimum Gasteiger partial charge on any atom is -0.503 e. The highest BCUT2D eigenvalue weighted by Gasteiger charge is 2.19. The molecular weight excluding hydrogens is 440 g/mol. The smallest absolute Gasteiger partial charge is 0.277 e. The number of ether oxygens (including phenoxy) is 1. The molecule has 0 saturated heterocycles. The van der Waals surface area contributed by atoms with Crippen molar-refractivity contribution in [3.63, 3.8) is 0 Å². The Morgan fingerprint density at radius 3 is 2.36 bits per heavy atom. The summed E-state index contributed by atoms with van der Waals surface area (Å²) in [6.07, 6.45) is 1.25. The van der Waals surface area contributed by atoms with Gasteiger partial charge in [0.2, 0.25) is 0 Å². The van der Waals surface area contributed by atoms with Crippen LogP contribution in [0, 0.1) is 20.2 Å². The lowest BCUT2D eigenvalue weighted by Gasteiger charge is -2.08. The second kappa shape index (κ2) is 8.90. The van der Waals surface area contributed by atoms with Crippen molar-refractivity contribution in [1.82, 2.24) is 5.43 Å². The highest BCUT2D eigenvalue weighted by atomic mass is 79.9. The van der Waals surface area contributed by atoms with E-state index in [0.717, 1.165) is 18.2 Å². The van der Waals surface area contributed by atoms with Crippen LogP contribution in [0.15, 0.2) is 39.9 Å². The molecule has 0 unspecified atom stereocenters. The molecule has 28 heavy (non-hydrogen) atoms. The minimum absolute atomic E-state index is 0.0908. The molecule has 0 bridgehead atoms. The van der Waals surface area contributed by atoms with Gasteiger partial charge in [-0.15, -0.1) is 0 Å². The van der Waals surface area contributed by atoms with E-state index in [1.807, 2.05) is 0 Å². The zero-order valence-electron chi connectivity index (χ0n) is 14.3. The number of carbonyl (C=O) groups excluding carboxylic acids is 1. The van der Waals surface area contributed by atoms with Crippen LogP contribution in [0.4, 0.5) is 11.4 Å². The van der Waals surface area contributed by atoms with E-state index in [-0.39, 0.29) is 17.1 Å². The fourth-order valence-corrected chi connectivity index (χ4v) is 2.56. The van der Waals surface area contributed by atoms with Gasteiger partial charge in [-0.2, -0.15) is 5.10 Å². The number of aromatic hydroxyl groups is 1. The van der Waals surface area contributed by atoms with Crippen LogP contribution in [-0.2, 0) is 0 Å². The number of rotatable bonds is 7. The number of halogens is 1. The third-order valence-corrected chi connectivity index (χ3v) is 3.92. The molecule has 0 saturated carbocycles. The summed E-state index contributed by atoms with van der Waals surface area (Å²) in [5, 5.41) is 35.3. The summed E-state index contributed by atoms with van der Waals surface area (Å²) in [6, 6.07) is 5.57. The Balaban J connectivity index is 2.22.